The molecule has 2 rings (SSSR count). The Morgan fingerprint density at radius 3 is 2.65 bits per heavy atom. The number of anilines is 2. The minimum Gasteiger partial charge on any atom is -0.393 e. The second-order valence-corrected chi connectivity index (χ2v) is 5.55. The number of benzene rings is 1. The van der Waals surface area contributed by atoms with Crippen molar-refractivity contribution in [3.8, 4) is 0 Å². The molecule has 0 bridgehead atoms. The van der Waals surface area contributed by atoms with Gasteiger partial charge in [0.15, 0.2) is 4.90 Å². The quantitative estimate of drug-likeness (QED) is 0.485. The first-order valence-corrected chi connectivity index (χ1v) is 6.85. The number of nitrogens with one attached hydrogen (secondary N) is 1. The Kier molecular flexibility index (Phi) is 3.32. The number of aromatic nitrogens is 2. The van der Waals surface area contributed by atoms with Crippen LogP contribution in [-0.2, 0) is 17.1 Å². The summed E-state index contributed by atoms with van der Waals surface area (Å²) in [5.41, 5.74) is 4.60. The zero-order valence-corrected chi connectivity index (χ0v) is 11.2. The van der Waals surface area contributed by atoms with Crippen LogP contribution in [0.4, 0.5) is 17.2 Å². The number of aryl methyl sites for hydroxylation is 1. The summed E-state index contributed by atoms with van der Waals surface area (Å²) in [6, 6.07) is 5.14. The Balaban J connectivity index is 2.53. The van der Waals surface area contributed by atoms with Crippen LogP contribution in [0.25, 0.3) is 0 Å². The number of nitrogens with two attached hydrogens (primary N) is 1. The van der Waals surface area contributed by atoms with Crippen molar-refractivity contribution in [3.63, 3.8) is 0 Å². The van der Waals surface area contributed by atoms with Crippen LogP contribution >= 0.6 is 0 Å². The van der Waals surface area contributed by atoms with Crippen LogP contribution in [0.3, 0.4) is 0 Å². The summed E-state index contributed by atoms with van der Waals surface area (Å²) in [7, 11) is -2.60. The number of hydrogen-bond acceptors (Lipinski definition) is 6. The zero-order valence-electron chi connectivity index (χ0n) is 10.3. The number of nitrogen functional groups attached to an aromatic ring is 1. The number of nitrogens with zero attached hydrogens (tertiary/aromatic N) is 3. The third kappa shape index (κ3) is 2.40. The van der Waals surface area contributed by atoms with E-state index in [1.165, 1.54) is 36.1 Å². The Morgan fingerprint density at radius 2 is 2.10 bits per heavy atom. The predicted molar refractivity (Wildman–Crippen MR) is 71.5 cm³/mol. The first kappa shape index (κ1) is 13.8. The first-order chi connectivity index (χ1) is 9.33. The molecular weight excluding hydrogens is 286 g/mol. The number of rotatable bonds is 4. The van der Waals surface area contributed by atoms with Gasteiger partial charge in [0.1, 0.15) is 11.5 Å². The molecule has 0 radical (unpaired) electrons. The van der Waals surface area contributed by atoms with Gasteiger partial charge >= 0.3 is 5.69 Å². The molecule has 0 atom stereocenters. The third-order valence-corrected chi connectivity index (χ3v) is 3.95. The molecular formula is C10H11N5O4S. The molecule has 0 aliphatic rings. The molecule has 0 amide bonds. The Bertz CT molecular complexity index is 768. The van der Waals surface area contributed by atoms with Gasteiger partial charge in [-0.05, 0) is 12.1 Å². The van der Waals surface area contributed by atoms with E-state index < -0.39 is 25.5 Å². The number of sulfonamides is 1. The predicted octanol–water partition coefficient (Wildman–Crippen LogP) is 0.711. The molecule has 106 valence electrons. The van der Waals surface area contributed by atoms with Crippen molar-refractivity contribution in [2.75, 3.05) is 10.5 Å². The standard InChI is InChI=1S/C10H11N5O4S/c1-14-9(5-6-12-14)13-20(18,19)8-4-2-3-7(11)10(8)15(16)17/h2-6,13H,11H2,1H3. The van der Waals surface area contributed by atoms with E-state index in [4.69, 9.17) is 5.73 Å². The molecule has 0 aliphatic carbocycles. The number of para-hydroxylation sites is 1. The van der Waals surface area contributed by atoms with E-state index >= 15 is 0 Å². The minimum absolute atomic E-state index is 0.182. The van der Waals surface area contributed by atoms with E-state index in [1.807, 2.05) is 0 Å². The van der Waals surface area contributed by atoms with Gasteiger partial charge in [-0.1, -0.05) is 6.07 Å². The Hall–Kier alpha value is -2.62. The third-order valence-electron chi connectivity index (χ3n) is 2.56. The van der Waals surface area contributed by atoms with Crippen molar-refractivity contribution in [3.05, 3.63) is 40.6 Å². The highest BCUT2D eigenvalue weighted by Crippen LogP contribution is 2.30. The number of nitro benzene ring substituents is 1. The molecule has 1 heterocycles. The summed E-state index contributed by atoms with van der Waals surface area (Å²) in [4.78, 5) is 9.65. The topological polar surface area (TPSA) is 133 Å². The Morgan fingerprint density at radius 1 is 1.40 bits per heavy atom. The average Bonchev–Trinajstić information content (AvgIpc) is 2.73. The van der Waals surface area contributed by atoms with Crippen LogP contribution < -0.4 is 10.5 Å². The van der Waals surface area contributed by atoms with Gasteiger partial charge < -0.3 is 5.73 Å². The lowest BCUT2D eigenvalue weighted by atomic mass is 10.3. The van der Waals surface area contributed by atoms with Crippen molar-refractivity contribution < 1.29 is 13.3 Å². The number of nitro groups is 1. The van der Waals surface area contributed by atoms with Crippen LogP contribution in [0.2, 0.25) is 0 Å². The molecule has 2 aromatic rings. The summed E-state index contributed by atoms with van der Waals surface area (Å²) in [5.74, 6) is 0.182. The van der Waals surface area contributed by atoms with Crippen molar-refractivity contribution in [1.82, 2.24) is 9.78 Å². The van der Waals surface area contributed by atoms with E-state index in [2.05, 4.69) is 9.82 Å². The van der Waals surface area contributed by atoms with Crippen molar-refractivity contribution in [2.24, 2.45) is 7.05 Å². The summed E-state index contributed by atoms with van der Waals surface area (Å²) >= 11 is 0. The van der Waals surface area contributed by atoms with Gasteiger partial charge in [-0.25, -0.2) is 8.42 Å². The zero-order chi connectivity index (χ0) is 14.9. The molecule has 10 heteroatoms. The summed E-state index contributed by atoms with van der Waals surface area (Å²) in [5, 5.41) is 14.8. The summed E-state index contributed by atoms with van der Waals surface area (Å²) in [6.45, 7) is 0. The fourth-order valence-electron chi connectivity index (χ4n) is 1.62. The second-order valence-electron chi connectivity index (χ2n) is 3.90. The maximum atomic E-state index is 12.2. The average molecular weight is 297 g/mol. The van der Waals surface area contributed by atoms with Crippen molar-refractivity contribution >= 4 is 27.2 Å². The molecule has 0 unspecified atom stereocenters. The molecule has 0 saturated heterocycles. The van der Waals surface area contributed by atoms with E-state index in [0.29, 0.717) is 0 Å². The second kappa shape index (κ2) is 4.81. The van der Waals surface area contributed by atoms with Gasteiger partial charge in [0.2, 0.25) is 0 Å². The molecule has 1 aromatic heterocycles. The van der Waals surface area contributed by atoms with Crippen LogP contribution in [0, 0.1) is 10.1 Å². The van der Waals surface area contributed by atoms with E-state index in [1.54, 1.807) is 0 Å². The fraction of sp³-hybridized carbons (Fsp3) is 0.100. The highest BCUT2D eigenvalue weighted by atomic mass is 32.2. The minimum atomic E-state index is -4.14. The highest BCUT2D eigenvalue weighted by Gasteiger charge is 2.28. The van der Waals surface area contributed by atoms with Gasteiger partial charge in [-0.2, -0.15) is 5.10 Å². The SMILES string of the molecule is Cn1nccc1NS(=O)(=O)c1cccc(N)c1[N+](=O)[O-]. The lowest BCUT2D eigenvalue weighted by molar-refractivity contribution is -0.386. The van der Waals surface area contributed by atoms with Crippen LogP contribution in [-0.4, -0.2) is 23.1 Å². The molecule has 0 spiro atoms. The molecule has 9 nitrogen and oxygen atoms in total. The first-order valence-electron chi connectivity index (χ1n) is 5.36. The van der Waals surface area contributed by atoms with Crippen LogP contribution in [0.15, 0.2) is 35.4 Å². The maximum absolute atomic E-state index is 12.2. The van der Waals surface area contributed by atoms with Crippen molar-refractivity contribution in [2.45, 2.75) is 4.90 Å². The van der Waals surface area contributed by atoms with Gasteiger partial charge in [-0.15, -0.1) is 0 Å². The lowest BCUT2D eigenvalue weighted by Crippen LogP contribution is -2.17. The number of hydrogen-bond donors (Lipinski definition) is 2. The smallest absolute Gasteiger partial charge is 0.312 e. The van der Waals surface area contributed by atoms with Crippen LogP contribution in [0.5, 0.6) is 0 Å². The largest absolute Gasteiger partial charge is 0.393 e. The van der Waals surface area contributed by atoms with E-state index in [0.717, 1.165) is 6.07 Å². The van der Waals surface area contributed by atoms with Crippen LogP contribution in [0.1, 0.15) is 0 Å². The van der Waals surface area contributed by atoms with Gasteiger partial charge in [0.05, 0.1) is 11.1 Å². The molecule has 0 fully saturated rings. The van der Waals surface area contributed by atoms with Crippen molar-refractivity contribution in [1.29, 1.82) is 0 Å². The molecule has 0 saturated carbocycles. The highest BCUT2D eigenvalue weighted by molar-refractivity contribution is 7.92. The maximum Gasteiger partial charge on any atom is 0.312 e. The van der Waals surface area contributed by atoms with Gasteiger partial charge in [0, 0.05) is 13.1 Å². The summed E-state index contributed by atoms with van der Waals surface area (Å²) in [6.07, 6.45) is 1.39. The monoisotopic (exact) mass is 297 g/mol. The lowest BCUT2D eigenvalue weighted by Gasteiger charge is -2.09. The summed E-state index contributed by atoms with van der Waals surface area (Å²) < 4.78 is 27.9. The molecule has 20 heavy (non-hydrogen) atoms. The van der Waals surface area contributed by atoms with E-state index in [9.17, 15) is 18.5 Å². The molecule has 0 aliphatic heterocycles. The fourth-order valence-corrected chi connectivity index (χ4v) is 2.91. The molecule has 3 N–H and O–H groups in total. The Labute approximate surface area is 114 Å². The normalized spacial score (nSPS) is 11.2. The van der Waals surface area contributed by atoms with E-state index in [-0.39, 0.29) is 11.5 Å². The van der Waals surface area contributed by atoms with Gasteiger partial charge in [0.25, 0.3) is 10.0 Å². The van der Waals surface area contributed by atoms with Gasteiger partial charge in [-0.3, -0.25) is 19.5 Å². The molecule has 1 aromatic carbocycles.